The van der Waals surface area contributed by atoms with Crippen LogP contribution in [-0.2, 0) is 19.0 Å². The van der Waals surface area contributed by atoms with E-state index >= 15 is 0 Å². The molecule has 8 atom stereocenters. The summed E-state index contributed by atoms with van der Waals surface area (Å²) in [5.41, 5.74) is -2.21. The van der Waals surface area contributed by atoms with E-state index in [0.29, 0.717) is 0 Å². The number of rotatable bonds is 10. The lowest BCUT2D eigenvalue weighted by Gasteiger charge is -2.39. The molecule has 1 fully saturated rings. The lowest BCUT2D eigenvalue weighted by molar-refractivity contribution is -0.291. The Morgan fingerprint density at radius 3 is 2.24 bits per heavy atom. The van der Waals surface area contributed by atoms with Crippen LogP contribution in [0.2, 0.25) is 0 Å². The van der Waals surface area contributed by atoms with Gasteiger partial charge in [0.25, 0.3) is 5.76 Å². The first-order valence-electron chi connectivity index (χ1n) is 10.4. The number of cyclic esters (lactones) is 1. The summed E-state index contributed by atoms with van der Waals surface area (Å²) in [4.78, 5) is 12.8. The third-order valence-electron chi connectivity index (χ3n) is 5.56. The Kier molecular flexibility index (Phi) is 8.46. The summed E-state index contributed by atoms with van der Waals surface area (Å²) in [6, 6.07) is 7.84. The molecule has 0 amide bonds. The van der Waals surface area contributed by atoms with Crippen LogP contribution in [0.5, 0.6) is 5.75 Å². The fraction of sp³-hybridized carbons (Fsp3) is 0.571. The van der Waals surface area contributed by atoms with Crippen molar-refractivity contribution >= 4 is 5.97 Å². The number of esters is 1. The molecular formula is C21H28O13. The standard InChI is InChI=1S/C21H28O13/c22-7-10(25)6-21(13(26)9-24)18(31-11-4-2-1-3-5-11)17(19(30)34-21)33-20-16(29)15(28)14(27)12(8-23)32-20/h1-5,10,12-16,20,22-29H,6-9H2/t10?,12-,13+,14-,15+,16-,20?,21-/m1/s1. The molecule has 190 valence electrons. The Labute approximate surface area is 193 Å². The van der Waals surface area contributed by atoms with Gasteiger partial charge in [0.2, 0.25) is 17.7 Å². The molecule has 0 saturated carbocycles. The topological polar surface area (TPSA) is 216 Å². The molecule has 1 saturated heterocycles. The zero-order valence-corrected chi connectivity index (χ0v) is 17.9. The van der Waals surface area contributed by atoms with Crippen LogP contribution in [0, 0.1) is 0 Å². The average molecular weight is 488 g/mol. The molecule has 2 heterocycles. The molecule has 0 aromatic heterocycles. The van der Waals surface area contributed by atoms with Crippen LogP contribution in [0.3, 0.4) is 0 Å². The summed E-state index contributed by atoms with van der Waals surface area (Å²) < 4.78 is 21.8. The predicted molar refractivity (Wildman–Crippen MR) is 109 cm³/mol. The number of hydrogen-bond acceptors (Lipinski definition) is 13. The van der Waals surface area contributed by atoms with E-state index in [1.165, 1.54) is 12.1 Å². The molecule has 2 aliphatic heterocycles. The minimum absolute atomic E-state index is 0.138. The number of para-hydroxylation sites is 1. The van der Waals surface area contributed by atoms with Crippen molar-refractivity contribution in [2.24, 2.45) is 0 Å². The van der Waals surface area contributed by atoms with E-state index in [4.69, 9.17) is 18.9 Å². The lowest BCUT2D eigenvalue weighted by Crippen LogP contribution is -2.59. The summed E-state index contributed by atoms with van der Waals surface area (Å²) in [5, 5.41) is 79.3. The van der Waals surface area contributed by atoms with Crippen molar-refractivity contribution in [2.75, 3.05) is 19.8 Å². The number of ether oxygens (including phenoxy) is 4. The number of benzene rings is 1. The predicted octanol–water partition coefficient (Wildman–Crippen LogP) is -3.51. The van der Waals surface area contributed by atoms with Crippen molar-refractivity contribution in [3.8, 4) is 5.75 Å². The second-order valence-electron chi connectivity index (χ2n) is 7.91. The molecular weight excluding hydrogens is 460 g/mol. The number of carbonyl (C=O) groups excluding carboxylic acids is 1. The highest BCUT2D eigenvalue weighted by Crippen LogP contribution is 2.42. The largest absolute Gasteiger partial charge is 0.453 e. The third kappa shape index (κ3) is 5.02. The highest BCUT2D eigenvalue weighted by molar-refractivity contribution is 5.90. The molecule has 0 radical (unpaired) electrons. The van der Waals surface area contributed by atoms with Crippen LogP contribution < -0.4 is 4.74 Å². The quantitative estimate of drug-likeness (QED) is 0.150. The van der Waals surface area contributed by atoms with Crippen molar-refractivity contribution in [3.63, 3.8) is 0 Å². The molecule has 13 nitrogen and oxygen atoms in total. The highest BCUT2D eigenvalue weighted by atomic mass is 16.7. The Morgan fingerprint density at radius 1 is 0.971 bits per heavy atom. The van der Waals surface area contributed by atoms with Crippen LogP contribution >= 0.6 is 0 Å². The highest BCUT2D eigenvalue weighted by Gasteiger charge is 2.58. The van der Waals surface area contributed by atoms with Crippen molar-refractivity contribution in [2.45, 2.75) is 54.9 Å². The minimum Gasteiger partial charge on any atom is -0.453 e. The molecule has 1 aromatic carbocycles. The van der Waals surface area contributed by atoms with Crippen molar-refractivity contribution < 1.29 is 64.6 Å². The molecule has 2 unspecified atom stereocenters. The van der Waals surface area contributed by atoms with E-state index in [0.717, 1.165) is 0 Å². The molecule has 0 bridgehead atoms. The Hall–Kier alpha value is -2.33. The molecule has 2 aliphatic rings. The van der Waals surface area contributed by atoms with Gasteiger partial charge in [-0.15, -0.1) is 0 Å². The smallest absolute Gasteiger partial charge is 0.378 e. The van der Waals surface area contributed by atoms with Gasteiger partial charge in [0.15, 0.2) is 0 Å². The normalized spacial score (nSPS) is 33.4. The van der Waals surface area contributed by atoms with Gasteiger partial charge in [-0.25, -0.2) is 4.79 Å². The fourth-order valence-corrected chi connectivity index (χ4v) is 3.72. The molecule has 34 heavy (non-hydrogen) atoms. The first-order chi connectivity index (χ1) is 16.2. The third-order valence-corrected chi connectivity index (χ3v) is 5.56. The first-order valence-corrected chi connectivity index (χ1v) is 10.4. The van der Waals surface area contributed by atoms with E-state index in [9.17, 15) is 45.6 Å². The summed E-state index contributed by atoms with van der Waals surface area (Å²) >= 11 is 0. The van der Waals surface area contributed by atoms with Crippen molar-refractivity contribution in [1.82, 2.24) is 0 Å². The molecule has 13 heteroatoms. The second kappa shape index (κ2) is 10.9. The van der Waals surface area contributed by atoms with Crippen LogP contribution in [0.1, 0.15) is 6.42 Å². The number of carbonyl (C=O) groups is 1. The zero-order chi connectivity index (χ0) is 25.0. The van der Waals surface area contributed by atoms with Crippen molar-refractivity contribution in [3.05, 3.63) is 41.9 Å². The van der Waals surface area contributed by atoms with Gasteiger partial charge in [-0.2, -0.15) is 0 Å². The van der Waals surface area contributed by atoms with Gasteiger partial charge in [-0.05, 0) is 12.1 Å². The van der Waals surface area contributed by atoms with E-state index in [2.05, 4.69) is 0 Å². The van der Waals surface area contributed by atoms with Crippen LogP contribution in [-0.4, -0.2) is 115 Å². The van der Waals surface area contributed by atoms with Crippen LogP contribution in [0.4, 0.5) is 0 Å². The van der Waals surface area contributed by atoms with Gasteiger partial charge >= 0.3 is 5.97 Å². The molecule has 0 aliphatic carbocycles. The maximum atomic E-state index is 12.8. The molecule has 8 N–H and O–H groups in total. The number of aliphatic hydroxyl groups is 8. The second-order valence-corrected chi connectivity index (χ2v) is 7.91. The van der Waals surface area contributed by atoms with Gasteiger partial charge in [0, 0.05) is 6.42 Å². The summed E-state index contributed by atoms with van der Waals surface area (Å²) in [5.74, 6) is -2.33. The number of hydrogen-bond donors (Lipinski definition) is 8. The lowest BCUT2D eigenvalue weighted by atomic mass is 9.88. The summed E-state index contributed by atoms with van der Waals surface area (Å²) in [7, 11) is 0. The van der Waals surface area contributed by atoms with Crippen LogP contribution in [0.25, 0.3) is 0 Å². The van der Waals surface area contributed by atoms with Gasteiger partial charge in [0.05, 0.1) is 25.9 Å². The average Bonchev–Trinajstić information content (AvgIpc) is 3.10. The van der Waals surface area contributed by atoms with Gasteiger partial charge in [-0.1, -0.05) is 18.2 Å². The van der Waals surface area contributed by atoms with E-state index in [1.54, 1.807) is 18.2 Å². The first kappa shape index (κ1) is 26.3. The van der Waals surface area contributed by atoms with Crippen LogP contribution in [0.15, 0.2) is 41.9 Å². The van der Waals surface area contributed by atoms with Crippen molar-refractivity contribution in [1.29, 1.82) is 0 Å². The minimum atomic E-state index is -2.21. The molecule has 1 aromatic rings. The summed E-state index contributed by atoms with van der Waals surface area (Å²) in [6.45, 7) is -2.48. The van der Waals surface area contributed by atoms with Gasteiger partial charge in [-0.3, -0.25) is 0 Å². The Bertz CT molecular complexity index is 859. The van der Waals surface area contributed by atoms with Gasteiger partial charge in [0.1, 0.15) is 36.3 Å². The number of aliphatic hydroxyl groups excluding tert-OH is 8. The maximum absolute atomic E-state index is 12.8. The molecule has 3 rings (SSSR count). The molecule has 0 spiro atoms. The van der Waals surface area contributed by atoms with E-state index in [-0.39, 0.29) is 5.75 Å². The Morgan fingerprint density at radius 2 is 1.65 bits per heavy atom. The van der Waals surface area contributed by atoms with Gasteiger partial charge < -0.3 is 59.8 Å². The monoisotopic (exact) mass is 488 g/mol. The Balaban J connectivity index is 2.07. The van der Waals surface area contributed by atoms with E-state index in [1.807, 2.05) is 0 Å². The van der Waals surface area contributed by atoms with E-state index < -0.39 is 92.2 Å². The summed E-state index contributed by atoms with van der Waals surface area (Å²) in [6.07, 6.45) is -12.5. The maximum Gasteiger partial charge on any atom is 0.378 e. The zero-order valence-electron chi connectivity index (χ0n) is 17.9. The SMILES string of the molecule is O=C1O[C@](CC(O)CO)([C@@H](O)CO)C(Oc2ccccc2)=C1OC1O[C@H](CO)[C@@H](O)[C@H](O)[C@H]1O. The fourth-order valence-electron chi connectivity index (χ4n) is 3.72.